The lowest BCUT2D eigenvalue weighted by Crippen LogP contribution is -2.15. The average Bonchev–Trinajstić information content (AvgIpc) is 3.00. The van der Waals surface area contributed by atoms with Crippen LogP contribution in [0.4, 0.5) is 11.4 Å². The largest absolute Gasteiger partial charge is 0.497 e. The molecule has 3 aromatic rings. The first-order valence-electron chi connectivity index (χ1n) is 7.99. The van der Waals surface area contributed by atoms with Crippen LogP contribution >= 0.6 is 0 Å². The summed E-state index contributed by atoms with van der Waals surface area (Å²) in [7, 11) is 1.71. The number of nitrogens with zero attached hydrogens (tertiary/aromatic N) is 2. The second kappa shape index (κ2) is 5.27. The molecular weight excluding hydrogens is 284 g/mol. The first-order valence-corrected chi connectivity index (χ1v) is 7.99. The zero-order valence-corrected chi connectivity index (χ0v) is 13.8. The standard InChI is InChI=1S/C20H20N2O/c1-13-12-15(23-3)8-9-19(13)22-11-10-16-14(2)21-18-7-5-4-6-17(18)20(16)22/h4-9,12H,10-11H2,1-3H3. The molecule has 0 bridgehead atoms. The van der Waals surface area contributed by atoms with Crippen molar-refractivity contribution < 1.29 is 4.74 Å². The summed E-state index contributed by atoms with van der Waals surface area (Å²) in [5.74, 6) is 0.904. The first kappa shape index (κ1) is 14.1. The van der Waals surface area contributed by atoms with E-state index in [0.717, 1.165) is 29.9 Å². The fraction of sp³-hybridized carbons (Fsp3) is 0.250. The van der Waals surface area contributed by atoms with E-state index in [0.29, 0.717) is 0 Å². The van der Waals surface area contributed by atoms with Crippen LogP contribution in [0.3, 0.4) is 0 Å². The highest BCUT2D eigenvalue weighted by atomic mass is 16.5. The SMILES string of the molecule is COc1ccc(N2CCc3c(C)nc4ccccc4c32)c(C)c1. The van der Waals surface area contributed by atoms with E-state index in [4.69, 9.17) is 9.72 Å². The Balaban J connectivity index is 1.93. The molecule has 0 spiro atoms. The molecule has 0 amide bonds. The molecular formula is C20H20N2O. The number of methoxy groups -OCH3 is 1. The lowest BCUT2D eigenvalue weighted by molar-refractivity contribution is 0.414. The summed E-state index contributed by atoms with van der Waals surface area (Å²) in [6.07, 6.45) is 1.05. The molecule has 23 heavy (non-hydrogen) atoms. The number of hydrogen-bond donors (Lipinski definition) is 0. The normalized spacial score (nSPS) is 13.4. The lowest BCUT2D eigenvalue weighted by Gasteiger charge is -2.23. The Morgan fingerprint density at radius 1 is 1.09 bits per heavy atom. The summed E-state index contributed by atoms with van der Waals surface area (Å²) < 4.78 is 5.34. The number of anilines is 2. The summed E-state index contributed by atoms with van der Waals surface area (Å²) in [4.78, 5) is 7.21. The van der Waals surface area contributed by atoms with Crippen molar-refractivity contribution in [2.24, 2.45) is 0 Å². The Labute approximate surface area is 136 Å². The molecule has 0 radical (unpaired) electrons. The van der Waals surface area contributed by atoms with Crippen molar-refractivity contribution in [3.05, 3.63) is 59.3 Å². The van der Waals surface area contributed by atoms with E-state index >= 15 is 0 Å². The maximum Gasteiger partial charge on any atom is 0.119 e. The summed E-state index contributed by atoms with van der Waals surface area (Å²) in [5.41, 5.74) is 7.39. The molecule has 3 heteroatoms. The van der Waals surface area contributed by atoms with Gasteiger partial charge in [0.1, 0.15) is 5.75 Å². The Kier molecular flexibility index (Phi) is 3.22. The van der Waals surface area contributed by atoms with Crippen LogP contribution in [0.15, 0.2) is 42.5 Å². The van der Waals surface area contributed by atoms with Gasteiger partial charge in [-0.3, -0.25) is 4.98 Å². The number of aromatic nitrogens is 1. The molecule has 0 unspecified atom stereocenters. The molecule has 3 nitrogen and oxygen atoms in total. The smallest absolute Gasteiger partial charge is 0.119 e. The van der Waals surface area contributed by atoms with Gasteiger partial charge in [-0.05, 0) is 55.7 Å². The van der Waals surface area contributed by atoms with Gasteiger partial charge < -0.3 is 9.64 Å². The molecule has 1 aromatic heterocycles. The Morgan fingerprint density at radius 3 is 2.70 bits per heavy atom. The molecule has 0 saturated carbocycles. The van der Waals surface area contributed by atoms with Crippen molar-refractivity contribution in [3.8, 4) is 5.75 Å². The average molecular weight is 304 g/mol. The molecule has 0 saturated heterocycles. The highest BCUT2D eigenvalue weighted by Crippen LogP contribution is 2.42. The van der Waals surface area contributed by atoms with Crippen LogP contribution < -0.4 is 9.64 Å². The van der Waals surface area contributed by atoms with Crippen LogP contribution in [0.5, 0.6) is 5.75 Å². The first-order chi connectivity index (χ1) is 11.2. The van der Waals surface area contributed by atoms with Gasteiger partial charge in [0, 0.05) is 23.3 Å². The fourth-order valence-corrected chi connectivity index (χ4v) is 3.60. The number of rotatable bonds is 2. The van der Waals surface area contributed by atoms with Crippen molar-refractivity contribution in [1.29, 1.82) is 0 Å². The van der Waals surface area contributed by atoms with E-state index in [2.05, 4.69) is 55.1 Å². The molecule has 4 rings (SSSR count). The predicted octanol–water partition coefficient (Wildman–Crippen LogP) is 4.55. The summed E-state index contributed by atoms with van der Waals surface area (Å²) in [6.45, 7) is 5.26. The number of fused-ring (bicyclic) bond motifs is 3. The van der Waals surface area contributed by atoms with Gasteiger partial charge in [-0.25, -0.2) is 0 Å². The second-order valence-electron chi connectivity index (χ2n) is 6.10. The van der Waals surface area contributed by atoms with E-state index in [1.807, 2.05) is 6.07 Å². The van der Waals surface area contributed by atoms with Crippen LogP contribution in [-0.4, -0.2) is 18.6 Å². The number of pyridine rings is 1. The quantitative estimate of drug-likeness (QED) is 0.694. The minimum absolute atomic E-state index is 0.904. The Morgan fingerprint density at radius 2 is 1.91 bits per heavy atom. The predicted molar refractivity (Wildman–Crippen MR) is 94.9 cm³/mol. The summed E-state index contributed by atoms with van der Waals surface area (Å²) >= 11 is 0. The summed E-state index contributed by atoms with van der Waals surface area (Å²) in [5, 5.41) is 1.24. The molecule has 2 heterocycles. The third kappa shape index (κ3) is 2.15. The van der Waals surface area contributed by atoms with Crippen LogP contribution in [0.2, 0.25) is 0 Å². The Hall–Kier alpha value is -2.55. The van der Waals surface area contributed by atoms with Gasteiger partial charge in [0.15, 0.2) is 0 Å². The molecule has 1 aliphatic heterocycles. The van der Waals surface area contributed by atoms with E-state index in [9.17, 15) is 0 Å². The highest BCUT2D eigenvalue weighted by Gasteiger charge is 2.26. The Bertz CT molecular complexity index is 902. The van der Waals surface area contributed by atoms with Crippen molar-refractivity contribution in [2.75, 3.05) is 18.6 Å². The minimum atomic E-state index is 0.904. The zero-order valence-electron chi connectivity index (χ0n) is 13.8. The van der Waals surface area contributed by atoms with Gasteiger partial charge in [0.05, 0.1) is 18.3 Å². The van der Waals surface area contributed by atoms with Gasteiger partial charge in [0.25, 0.3) is 0 Å². The van der Waals surface area contributed by atoms with Crippen molar-refractivity contribution in [2.45, 2.75) is 20.3 Å². The van der Waals surface area contributed by atoms with E-state index in [1.165, 1.54) is 27.9 Å². The second-order valence-corrected chi connectivity index (χ2v) is 6.10. The van der Waals surface area contributed by atoms with Gasteiger partial charge in [-0.15, -0.1) is 0 Å². The highest BCUT2D eigenvalue weighted by molar-refractivity contribution is 5.97. The third-order valence-electron chi connectivity index (χ3n) is 4.72. The number of benzene rings is 2. The maximum atomic E-state index is 5.34. The summed E-state index contributed by atoms with van der Waals surface area (Å²) in [6, 6.07) is 14.7. The van der Waals surface area contributed by atoms with Crippen LogP contribution in [0, 0.1) is 13.8 Å². The van der Waals surface area contributed by atoms with Crippen LogP contribution in [-0.2, 0) is 6.42 Å². The molecule has 0 N–H and O–H groups in total. The van der Waals surface area contributed by atoms with E-state index < -0.39 is 0 Å². The minimum Gasteiger partial charge on any atom is -0.497 e. The van der Waals surface area contributed by atoms with Gasteiger partial charge in [-0.1, -0.05) is 18.2 Å². The molecule has 0 atom stereocenters. The van der Waals surface area contributed by atoms with Crippen molar-refractivity contribution >= 4 is 22.3 Å². The van der Waals surface area contributed by atoms with Crippen LogP contribution in [0.25, 0.3) is 10.9 Å². The number of ether oxygens (including phenoxy) is 1. The molecule has 116 valence electrons. The van der Waals surface area contributed by atoms with Crippen molar-refractivity contribution in [1.82, 2.24) is 4.98 Å². The van der Waals surface area contributed by atoms with Gasteiger partial charge >= 0.3 is 0 Å². The van der Waals surface area contributed by atoms with Gasteiger partial charge in [0.2, 0.25) is 0 Å². The third-order valence-corrected chi connectivity index (χ3v) is 4.72. The number of hydrogen-bond acceptors (Lipinski definition) is 3. The monoisotopic (exact) mass is 304 g/mol. The van der Waals surface area contributed by atoms with E-state index in [1.54, 1.807) is 7.11 Å². The maximum absolute atomic E-state index is 5.34. The lowest BCUT2D eigenvalue weighted by atomic mass is 10.1. The molecule has 2 aromatic carbocycles. The fourth-order valence-electron chi connectivity index (χ4n) is 3.60. The molecule has 1 aliphatic rings. The van der Waals surface area contributed by atoms with E-state index in [-0.39, 0.29) is 0 Å². The topological polar surface area (TPSA) is 25.4 Å². The number of aryl methyl sites for hydroxylation is 2. The van der Waals surface area contributed by atoms with Crippen LogP contribution in [0.1, 0.15) is 16.8 Å². The molecule has 0 aliphatic carbocycles. The van der Waals surface area contributed by atoms with Gasteiger partial charge in [-0.2, -0.15) is 0 Å². The molecule has 0 fully saturated rings. The van der Waals surface area contributed by atoms with Crippen molar-refractivity contribution in [3.63, 3.8) is 0 Å². The number of para-hydroxylation sites is 1. The zero-order chi connectivity index (χ0) is 16.0.